The average Bonchev–Trinajstić information content (AvgIpc) is 2.67. The van der Waals surface area contributed by atoms with E-state index >= 15 is 0 Å². The van der Waals surface area contributed by atoms with Crippen LogP contribution in [0.4, 0.5) is 5.82 Å². The molecule has 0 amide bonds. The molecule has 2 rings (SSSR count). The Labute approximate surface area is 91.9 Å². The van der Waals surface area contributed by atoms with Crippen LogP contribution in [0.2, 0.25) is 0 Å². The van der Waals surface area contributed by atoms with Crippen molar-refractivity contribution in [2.45, 2.75) is 18.9 Å². The minimum atomic E-state index is 0.220. The van der Waals surface area contributed by atoms with E-state index in [1.54, 1.807) is 6.20 Å². The van der Waals surface area contributed by atoms with Gasteiger partial charge < -0.3 is 10.0 Å². The molecule has 1 aliphatic heterocycles. The first-order valence-corrected chi connectivity index (χ1v) is 5.59. The molecule has 1 aliphatic rings. The van der Waals surface area contributed by atoms with Gasteiger partial charge in [-0.05, 0) is 40.9 Å². The number of aliphatic hydroxyl groups excluding tert-OH is 1. The number of pyridine rings is 1. The number of hydrogen-bond donors (Lipinski definition) is 1. The second kappa shape index (κ2) is 4.28. The maximum atomic E-state index is 9.17. The summed E-state index contributed by atoms with van der Waals surface area (Å²) in [6.07, 6.45) is 4.00. The summed E-state index contributed by atoms with van der Waals surface area (Å²) >= 11 is 3.36. The van der Waals surface area contributed by atoms with E-state index in [9.17, 15) is 5.11 Å². The Bertz CT molecular complexity index is 301. The highest BCUT2D eigenvalue weighted by Gasteiger charge is 2.24. The van der Waals surface area contributed by atoms with Crippen LogP contribution in [0, 0.1) is 0 Å². The molecule has 3 nitrogen and oxygen atoms in total. The topological polar surface area (TPSA) is 36.4 Å². The van der Waals surface area contributed by atoms with Gasteiger partial charge in [0.15, 0.2) is 0 Å². The molecule has 0 spiro atoms. The van der Waals surface area contributed by atoms with Crippen LogP contribution in [-0.4, -0.2) is 29.3 Å². The maximum Gasteiger partial charge on any atom is 0.128 e. The van der Waals surface area contributed by atoms with E-state index in [0.717, 1.165) is 29.7 Å². The Morgan fingerprint density at radius 2 is 2.43 bits per heavy atom. The summed E-state index contributed by atoms with van der Waals surface area (Å²) in [6, 6.07) is 4.22. The van der Waals surface area contributed by atoms with E-state index in [0.29, 0.717) is 0 Å². The Morgan fingerprint density at radius 1 is 1.57 bits per heavy atom. The highest BCUT2D eigenvalue weighted by atomic mass is 79.9. The van der Waals surface area contributed by atoms with E-state index in [-0.39, 0.29) is 12.6 Å². The fourth-order valence-electron chi connectivity index (χ4n) is 1.87. The lowest BCUT2D eigenvalue weighted by molar-refractivity contribution is 0.266. The average molecular weight is 257 g/mol. The molecule has 0 bridgehead atoms. The van der Waals surface area contributed by atoms with Crippen molar-refractivity contribution in [3.63, 3.8) is 0 Å². The van der Waals surface area contributed by atoms with Crippen molar-refractivity contribution in [2.24, 2.45) is 0 Å². The lowest BCUT2D eigenvalue weighted by atomic mass is 10.2. The standard InChI is InChI=1S/C10H13BrN2O/c11-8-3-4-10(12-6-8)13-5-1-2-9(13)7-14/h3-4,6,9,14H,1-2,5,7H2/t9-/m1/s1. The summed E-state index contributed by atoms with van der Waals surface area (Å²) < 4.78 is 0.987. The van der Waals surface area contributed by atoms with E-state index in [1.165, 1.54) is 0 Å². The number of aromatic nitrogens is 1. The number of rotatable bonds is 2. The Balaban J connectivity index is 2.17. The largest absolute Gasteiger partial charge is 0.394 e. The van der Waals surface area contributed by atoms with Gasteiger partial charge in [-0.2, -0.15) is 0 Å². The molecule has 1 fully saturated rings. The van der Waals surface area contributed by atoms with Gasteiger partial charge in [0.2, 0.25) is 0 Å². The molecule has 2 heterocycles. The summed E-state index contributed by atoms with van der Waals surface area (Å²) in [4.78, 5) is 6.50. The summed E-state index contributed by atoms with van der Waals surface area (Å²) in [6.45, 7) is 1.22. The van der Waals surface area contributed by atoms with Gasteiger partial charge in [0.1, 0.15) is 5.82 Å². The molecule has 1 aromatic heterocycles. The Hall–Kier alpha value is -0.610. The van der Waals surface area contributed by atoms with Gasteiger partial charge in [-0.15, -0.1) is 0 Å². The van der Waals surface area contributed by atoms with Crippen molar-refractivity contribution in [2.75, 3.05) is 18.1 Å². The van der Waals surface area contributed by atoms with Crippen LogP contribution >= 0.6 is 15.9 Å². The van der Waals surface area contributed by atoms with E-state index in [2.05, 4.69) is 25.8 Å². The van der Waals surface area contributed by atoms with Crippen molar-refractivity contribution in [1.29, 1.82) is 0 Å². The zero-order chi connectivity index (χ0) is 9.97. The smallest absolute Gasteiger partial charge is 0.128 e. The van der Waals surface area contributed by atoms with E-state index in [1.807, 2.05) is 12.1 Å². The minimum absolute atomic E-state index is 0.220. The molecule has 0 radical (unpaired) electrons. The van der Waals surface area contributed by atoms with Gasteiger partial charge in [0.05, 0.1) is 12.6 Å². The number of hydrogen-bond acceptors (Lipinski definition) is 3. The lowest BCUT2D eigenvalue weighted by Crippen LogP contribution is -2.32. The summed E-state index contributed by atoms with van der Waals surface area (Å²) in [7, 11) is 0. The first-order chi connectivity index (χ1) is 6.81. The second-order valence-electron chi connectivity index (χ2n) is 3.51. The molecule has 4 heteroatoms. The number of aliphatic hydroxyl groups is 1. The third kappa shape index (κ3) is 1.91. The molecule has 1 aromatic rings. The number of nitrogens with zero attached hydrogens (tertiary/aromatic N) is 2. The zero-order valence-electron chi connectivity index (χ0n) is 7.86. The van der Waals surface area contributed by atoms with Crippen LogP contribution in [0.3, 0.4) is 0 Å². The first kappa shape index (κ1) is 9.93. The second-order valence-corrected chi connectivity index (χ2v) is 4.42. The first-order valence-electron chi connectivity index (χ1n) is 4.80. The van der Waals surface area contributed by atoms with E-state index < -0.39 is 0 Å². The number of halogens is 1. The predicted octanol–water partition coefficient (Wildman–Crippen LogP) is 1.81. The van der Waals surface area contributed by atoms with Gasteiger partial charge in [-0.1, -0.05) is 0 Å². The molecular formula is C10H13BrN2O. The fraction of sp³-hybridized carbons (Fsp3) is 0.500. The van der Waals surface area contributed by atoms with Gasteiger partial charge in [-0.3, -0.25) is 0 Å². The van der Waals surface area contributed by atoms with Crippen LogP contribution in [-0.2, 0) is 0 Å². The third-order valence-electron chi connectivity index (χ3n) is 2.59. The molecule has 0 aliphatic carbocycles. The Kier molecular flexibility index (Phi) is 3.03. The van der Waals surface area contributed by atoms with Gasteiger partial charge in [-0.25, -0.2) is 4.98 Å². The van der Waals surface area contributed by atoms with Crippen molar-refractivity contribution in [3.8, 4) is 0 Å². The number of anilines is 1. The highest BCUT2D eigenvalue weighted by Crippen LogP contribution is 2.24. The lowest BCUT2D eigenvalue weighted by Gasteiger charge is -2.23. The van der Waals surface area contributed by atoms with Crippen LogP contribution in [0.15, 0.2) is 22.8 Å². The SMILES string of the molecule is OC[C@H]1CCCN1c1ccc(Br)cn1. The summed E-state index contributed by atoms with van der Waals surface area (Å²) in [5, 5.41) is 9.17. The maximum absolute atomic E-state index is 9.17. The quantitative estimate of drug-likeness (QED) is 0.877. The molecular weight excluding hydrogens is 244 g/mol. The molecule has 1 saturated heterocycles. The predicted molar refractivity (Wildman–Crippen MR) is 59.4 cm³/mol. The Morgan fingerprint density at radius 3 is 3.07 bits per heavy atom. The fourth-order valence-corrected chi connectivity index (χ4v) is 2.10. The minimum Gasteiger partial charge on any atom is -0.394 e. The van der Waals surface area contributed by atoms with Gasteiger partial charge >= 0.3 is 0 Å². The van der Waals surface area contributed by atoms with Crippen molar-refractivity contribution >= 4 is 21.7 Å². The molecule has 0 unspecified atom stereocenters. The zero-order valence-corrected chi connectivity index (χ0v) is 9.44. The van der Waals surface area contributed by atoms with Crippen molar-refractivity contribution in [1.82, 2.24) is 4.98 Å². The third-order valence-corrected chi connectivity index (χ3v) is 3.06. The molecule has 14 heavy (non-hydrogen) atoms. The summed E-state index contributed by atoms with van der Waals surface area (Å²) in [5.74, 6) is 0.963. The molecule has 76 valence electrons. The van der Waals surface area contributed by atoms with Crippen LogP contribution < -0.4 is 4.90 Å². The van der Waals surface area contributed by atoms with E-state index in [4.69, 9.17) is 0 Å². The van der Waals surface area contributed by atoms with Crippen LogP contribution in [0.1, 0.15) is 12.8 Å². The van der Waals surface area contributed by atoms with Gasteiger partial charge in [0, 0.05) is 17.2 Å². The van der Waals surface area contributed by atoms with Crippen molar-refractivity contribution in [3.05, 3.63) is 22.8 Å². The van der Waals surface area contributed by atoms with Crippen LogP contribution in [0.5, 0.6) is 0 Å². The van der Waals surface area contributed by atoms with Crippen LogP contribution in [0.25, 0.3) is 0 Å². The molecule has 0 saturated carbocycles. The molecule has 0 aromatic carbocycles. The highest BCUT2D eigenvalue weighted by molar-refractivity contribution is 9.10. The molecule has 1 atom stereocenters. The van der Waals surface area contributed by atoms with Crippen molar-refractivity contribution < 1.29 is 5.11 Å². The van der Waals surface area contributed by atoms with Gasteiger partial charge in [0.25, 0.3) is 0 Å². The summed E-state index contributed by atoms with van der Waals surface area (Å²) in [5.41, 5.74) is 0. The molecule has 1 N–H and O–H groups in total. The monoisotopic (exact) mass is 256 g/mol. The normalized spacial score (nSPS) is 21.6.